The number of Topliss-reactive ketones (excluding diaryl/α,β-unsaturated/α-hetero) is 1. The third-order valence-corrected chi connectivity index (χ3v) is 4.59. The van der Waals surface area contributed by atoms with Crippen molar-refractivity contribution in [1.82, 2.24) is 4.57 Å². The van der Waals surface area contributed by atoms with Crippen LogP contribution >= 0.6 is 0 Å². The number of ether oxygens (including phenoxy) is 2. The maximum atomic E-state index is 12.6. The van der Waals surface area contributed by atoms with E-state index >= 15 is 0 Å². The summed E-state index contributed by atoms with van der Waals surface area (Å²) in [6.07, 6.45) is 0. The lowest BCUT2D eigenvalue weighted by Crippen LogP contribution is -2.15. The Morgan fingerprint density at radius 3 is 2.29 bits per heavy atom. The molecule has 2 aromatic carbocycles. The van der Waals surface area contributed by atoms with E-state index in [1.165, 1.54) is 24.3 Å². The van der Waals surface area contributed by atoms with Crippen molar-refractivity contribution in [2.45, 2.75) is 20.5 Å². The molecule has 0 bridgehead atoms. The highest BCUT2D eigenvalue weighted by Crippen LogP contribution is 2.25. The zero-order valence-electron chi connectivity index (χ0n) is 16.6. The van der Waals surface area contributed by atoms with E-state index in [1.54, 1.807) is 36.6 Å². The number of alkyl halides is 2. The monoisotopic (exact) mass is 431 g/mol. The summed E-state index contributed by atoms with van der Waals surface area (Å²) in [6.45, 7) is 0.00639. The molecule has 3 aromatic rings. The van der Waals surface area contributed by atoms with Crippen LogP contribution in [-0.2, 0) is 4.74 Å². The number of benzene rings is 2. The summed E-state index contributed by atoms with van der Waals surface area (Å²) in [6, 6.07) is 11.0. The van der Waals surface area contributed by atoms with E-state index in [0.29, 0.717) is 22.6 Å². The molecule has 0 saturated carbocycles. The molecule has 0 saturated heterocycles. The maximum absolute atomic E-state index is 12.6. The van der Waals surface area contributed by atoms with Gasteiger partial charge in [-0.1, -0.05) is 0 Å². The maximum Gasteiger partial charge on any atom is 0.387 e. The van der Waals surface area contributed by atoms with E-state index in [0.717, 1.165) is 6.07 Å². The molecule has 9 heteroatoms. The fraction of sp³-hybridized carbons (Fsp3) is 0.182. The number of halogens is 2. The third kappa shape index (κ3) is 4.82. The highest BCUT2D eigenvalue weighted by atomic mass is 19.3. The predicted molar refractivity (Wildman–Crippen MR) is 106 cm³/mol. The Labute approximate surface area is 176 Å². The van der Waals surface area contributed by atoms with Crippen LogP contribution in [0.5, 0.6) is 17.2 Å². The number of phenolic OH excluding ortho intramolecular Hbond substituents is 2. The second-order valence-corrected chi connectivity index (χ2v) is 6.69. The van der Waals surface area contributed by atoms with Gasteiger partial charge < -0.3 is 24.3 Å². The average Bonchev–Trinajstić information content (AvgIpc) is 3.00. The highest BCUT2D eigenvalue weighted by Gasteiger charge is 2.20. The number of phenols is 2. The zero-order valence-corrected chi connectivity index (χ0v) is 16.6. The second kappa shape index (κ2) is 8.86. The van der Waals surface area contributed by atoms with Gasteiger partial charge in [0.2, 0.25) is 5.78 Å². The standard InChI is InChI=1S/C22H19F2NO6/c1-12-9-18(13(2)25(12)14-3-6-16(7-4-14)31-22(23)24)20(28)11-30-21(29)17-8-5-15(26)10-19(17)27/h3-10,22,26-27H,11H2,1-2H3. The number of nitrogens with zero attached hydrogens (tertiary/aromatic N) is 1. The van der Waals surface area contributed by atoms with Crippen LogP contribution in [-0.4, -0.2) is 39.8 Å². The Kier molecular flexibility index (Phi) is 6.24. The number of esters is 1. The number of ketones is 1. The molecule has 0 unspecified atom stereocenters. The van der Waals surface area contributed by atoms with Crippen LogP contribution in [0.4, 0.5) is 8.78 Å². The third-order valence-electron chi connectivity index (χ3n) is 4.59. The van der Waals surface area contributed by atoms with Crippen LogP contribution in [0.1, 0.15) is 32.1 Å². The first-order valence-corrected chi connectivity index (χ1v) is 9.14. The minimum absolute atomic E-state index is 0.0157. The number of rotatable bonds is 7. The summed E-state index contributed by atoms with van der Waals surface area (Å²) in [5.41, 5.74) is 2.08. The van der Waals surface area contributed by atoms with Crippen molar-refractivity contribution in [2.75, 3.05) is 6.61 Å². The van der Waals surface area contributed by atoms with Crippen molar-refractivity contribution in [3.63, 3.8) is 0 Å². The summed E-state index contributed by atoms with van der Waals surface area (Å²) in [7, 11) is 0. The van der Waals surface area contributed by atoms with Crippen molar-refractivity contribution in [3.8, 4) is 22.9 Å². The summed E-state index contributed by atoms with van der Waals surface area (Å²) < 4.78 is 35.7. The van der Waals surface area contributed by atoms with Gasteiger partial charge in [-0.15, -0.1) is 0 Å². The molecule has 2 N–H and O–H groups in total. The summed E-state index contributed by atoms with van der Waals surface area (Å²) in [5, 5.41) is 19.0. The van der Waals surface area contributed by atoms with E-state index < -0.39 is 30.7 Å². The first-order valence-electron chi connectivity index (χ1n) is 9.14. The van der Waals surface area contributed by atoms with Crippen molar-refractivity contribution >= 4 is 11.8 Å². The molecule has 3 rings (SSSR count). The lowest BCUT2D eigenvalue weighted by Gasteiger charge is -2.11. The van der Waals surface area contributed by atoms with Crippen LogP contribution in [0.3, 0.4) is 0 Å². The molecule has 0 amide bonds. The summed E-state index contributed by atoms with van der Waals surface area (Å²) in [5.74, 6) is -2.03. The molecule has 0 aliphatic carbocycles. The average molecular weight is 431 g/mol. The Hall–Kier alpha value is -3.88. The van der Waals surface area contributed by atoms with E-state index in [-0.39, 0.29) is 17.1 Å². The number of carbonyl (C=O) groups is 2. The number of aromatic hydroxyl groups is 2. The summed E-state index contributed by atoms with van der Waals surface area (Å²) in [4.78, 5) is 24.7. The molecule has 162 valence electrons. The molecule has 31 heavy (non-hydrogen) atoms. The largest absolute Gasteiger partial charge is 0.508 e. The van der Waals surface area contributed by atoms with Gasteiger partial charge in [-0.05, 0) is 56.3 Å². The molecule has 1 heterocycles. The van der Waals surface area contributed by atoms with Crippen LogP contribution in [0.15, 0.2) is 48.5 Å². The lowest BCUT2D eigenvalue weighted by atomic mass is 10.1. The summed E-state index contributed by atoms with van der Waals surface area (Å²) >= 11 is 0. The highest BCUT2D eigenvalue weighted by molar-refractivity contribution is 6.01. The van der Waals surface area contributed by atoms with Gasteiger partial charge >= 0.3 is 12.6 Å². The molecule has 0 radical (unpaired) electrons. The molecule has 0 spiro atoms. The number of carbonyl (C=O) groups excluding carboxylic acids is 2. The number of aryl methyl sites for hydroxylation is 1. The minimum Gasteiger partial charge on any atom is -0.508 e. The molecular formula is C22H19F2NO6. The SMILES string of the molecule is Cc1cc(C(=O)COC(=O)c2ccc(O)cc2O)c(C)n1-c1ccc(OC(F)F)cc1. The Morgan fingerprint density at radius 1 is 1.00 bits per heavy atom. The molecule has 7 nitrogen and oxygen atoms in total. The van der Waals surface area contributed by atoms with Crippen molar-refractivity contribution in [1.29, 1.82) is 0 Å². The van der Waals surface area contributed by atoms with Gasteiger partial charge in [0.25, 0.3) is 0 Å². The van der Waals surface area contributed by atoms with Gasteiger partial charge in [0.15, 0.2) is 6.61 Å². The molecule has 0 aliphatic rings. The predicted octanol–water partition coefficient (Wildman–Crippen LogP) is 4.15. The zero-order chi connectivity index (χ0) is 22.7. The number of hydrogen-bond acceptors (Lipinski definition) is 6. The molecule has 0 fully saturated rings. The Morgan fingerprint density at radius 2 is 1.68 bits per heavy atom. The number of aromatic nitrogens is 1. The Bertz CT molecular complexity index is 1120. The molecule has 1 aromatic heterocycles. The first kappa shape index (κ1) is 21.8. The van der Waals surface area contributed by atoms with Crippen molar-refractivity contribution in [2.24, 2.45) is 0 Å². The van der Waals surface area contributed by atoms with Gasteiger partial charge in [-0.3, -0.25) is 4.79 Å². The smallest absolute Gasteiger partial charge is 0.387 e. The molecule has 0 aliphatic heterocycles. The van der Waals surface area contributed by atoms with Crippen LogP contribution in [0.25, 0.3) is 5.69 Å². The lowest BCUT2D eigenvalue weighted by molar-refractivity contribution is -0.0498. The first-order chi connectivity index (χ1) is 14.7. The van der Waals surface area contributed by atoms with E-state index in [1.807, 2.05) is 0 Å². The second-order valence-electron chi connectivity index (χ2n) is 6.69. The normalized spacial score (nSPS) is 10.9. The van der Waals surface area contributed by atoms with Gasteiger partial charge in [-0.25, -0.2) is 4.79 Å². The molecular weight excluding hydrogens is 412 g/mol. The fourth-order valence-electron chi connectivity index (χ4n) is 3.20. The quantitative estimate of drug-likeness (QED) is 0.431. The topological polar surface area (TPSA) is 98.0 Å². The van der Waals surface area contributed by atoms with Crippen molar-refractivity contribution in [3.05, 3.63) is 71.0 Å². The van der Waals surface area contributed by atoms with Crippen LogP contribution in [0.2, 0.25) is 0 Å². The van der Waals surface area contributed by atoms with E-state index in [2.05, 4.69) is 4.74 Å². The van der Waals surface area contributed by atoms with Gasteiger partial charge in [0.05, 0.1) is 0 Å². The minimum atomic E-state index is -2.92. The van der Waals surface area contributed by atoms with E-state index in [9.17, 15) is 28.6 Å². The van der Waals surface area contributed by atoms with Crippen LogP contribution < -0.4 is 4.74 Å². The fourth-order valence-corrected chi connectivity index (χ4v) is 3.20. The number of hydrogen-bond donors (Lipinski definition) is 2. The van der Waals surface area contributed by atoms with Crippen molar-refractivity contribution < 1.29 is 38.1 Å². The van der Waals surface area contributed by atoms with Crippen LogP contribution in [0, 0.1) is 13.8 Å². The van der Waals surface area contributed by atoms with Gasteiger partial charge in [0.1, 0.15) is 22.8 Å². The van der Waals surface area contributed by atoms with Gasteiger partial charge in [0, 0.05) is 28.7 Å². The van der Waals surface area contributed by atoms with E-state index in [4.69, 9.17) is 4.74 Å². The van der Waals surface area contributed by atoms with Gasteiger partial charge in [-0.2, -0.15) is 8.78 Å². The molecule has 0 atom stereocenters. The Balaban J connectivity index is 1.75.